The predicted molar refractivity (Wildman–Crippen MR) is 70.0 cm³/mol. The molecule has 1 atom stereocenters. The SMILES string of the molecule is CC1CC(=O)N(CC(=O)Nc2ccccc2N)C1=O. The maximum absolute atomic E-state index is 11.8. The lowest BCUT2D eigenvalue weighted by molar-refractivity contribution is -0.142. The van der Waals surface area contributed by atoms with E-state index in [0.717, 1.165) is 4.90 Å². The zero-order chi connectivity index (χ0) is 14.0. The van der Waals surface area contributed by atoms with Crippen molar-refractivity contribution >= 4 is 29.1 Å². The lowest BCUT2D eigenvalue weighted by Crippen LogP contribution is -2.37. The van der Waals surface area contributed by atoms with Crippen LogP contribution in [0, 0.1) is 5.92 Å². The number of imide groups is 1. The van der Waals surface area contributed by atoms with Gasteiger partial charge in [-0.2, -0.15) is 0 Å². The summed E-state index contributed by atoms with van der Waals surface area (Å²) in [5.41, 5.74) is 6.60. The molecule has 0 aromatic heterocycles. The number of carbonyl (C=O) groups is 3. The first-order valence-corrected chi connectivity index (χ1v) is 5.97. The number of rotatable bonds is 3. The molecule has 0 saturated carbocycles. The van der Waals surface area contributed by atoms with E-state index >= 15 is 0 Å². The summed E-state index contributed by atoms with van der Waals surface area (Å²) >= 11 is 0. The van der Waals surface area contributed by atoms with Crippen LogP contribution in [-0.4, -0.2) is 29.2 Å². The van der Waals surface area contributed by atoms with Crippen LogP contribution in [0.25, 0.3) is 0 Å². The van der Waals surface area contributed by atoms with E-state index in [1.807, 2.05) is 0 Å². The number of hydrogen-bond acceptors (Lipinski definition) is 4. The smallest absolute Gasteiger partial charge is 0.244 e. The van der Waals surface area contributed by atoms with Gasteiger partial charge < -0.3 is 11.1 Å². The molecular formula is C13H15N3O3. The van der Waals surface area contributed by atoms with Gasteiger partial charge in [-0.3, -0.25) is 19.3 Å². The first-order valence-electron chi connectivity index (χ1n) is 5.97. The van der Waals surface area contributed by atoms with E-state index in [-0.39, 0.29) is 30.7 Å². The van der Waals surface area contributed by atoms with Crippen molar-refractivity contribution < 1.29 is 14.4 Å². The van der Waals surface area contributed by atoms with Crippen LogP contribution in [0.5, 0.6) is 0 Å². The van der Waals surface area contributed by atoms with Crippen LogP contribution in [-0.2, 0) is 14.4 Å². The number of nitrogens with one attached hydrogen (secondary N) is 1. The van der Waals surface area contributed by atoms with Gasteiger partial charge in [0.1, 0.15) is 6.54 Å². The van der Waals surface area contributed by atoms with Gasteiger partial charge in [0.2, 0.25) is 17.7 Å². The molecule has 6 nitrogen and oxygen atoms in total. The number of nitrogens with zero attached hydrogens (tertiary/aromatic N) is 1. The third-order valence-electron chi connectivity index (χ3n) is 3.01. The fraction of sp³-hybridized carbons (Fsp3) is 0.308. The summed E-state index contributed by atoms with van der Waals surface area (Å²) in [5.74, 6) is -1.40. The molecule has 1 saturated heterocycles. The third kappa shape index (κ3) is 2.73. The van der Waals surface area contributed by atoms with Crippen molar-refractivity contribution in [2.24, 2.45) is 5.92 Å². The molecule has 2 rings (SSSR count). The molecule has 0 aliphatic carbocycles. The van der Waals surface area contributed by atoms with Gasteiger partial charge in [0, 0.05) is 12.3 Å². The Bertz CT molecular complexity index is 542. The Morgan fingerprint density at radius 3 is 2.68 bits per heavy atom. The molecule has 1 aliphatic rings. The van der Waals surface area contributed by atoms with Gasteiger partial charge in [-0.25, -0.2) is 0 Å². The zero-order valence-electron chi connectivity index (χ0n) is 10.6. The Balaban J connectivity index is 2.01. The van der Waals surface area contributed by atoms with Gasteiger partial charge in [-0.1, -0.05) is 19.1 Å². The van der Waals surface area contributed by atoms with Gasteiger partial charge in [-0.15, -0.1) is 0 Å². The molecule has 1 aromatic carbocycles. The van der Waals surface area contributed by atoms with Crippen LogP contribution in [0.1, 0.15) is 13.3 Å². The molecule has 0 bridgehead atoms. The Labute approximate surface area is 110 Å². The van der Waals surface area contributed by atoms with E-state index in [1.165, 1.54) is 0 Å². The average molecular weight is 261 g/mol. The van der Waals surface area contributed by atoms with Crippen LogP contribution >= 0.6 is 0 Å². The number of likely N-dealkylation sites (tertiary alicyclic amines) is 1. The van der Waals surface area contributed by atoms with Crippen LogP contribution in [0.4, 0.5) is 11.4 Å². The second-order valence-corrected chi connectivity index (χ2v) is 4.56. The van der Waals surface area contributed by atoms with E-state index in [2.05, 4.69) is 5.32 Å². The van der Waals surface area contributed by atoms with E-state index in [9.17, 15) is 14.4 Å². The summed E-state index contributed by atoms with van der Waals surface area (Å²) in [4.78, 5) is 36.0. The highest BCUT2D eigenvalue weighted by Gasteiger charge is 2.36. The third-order valence-corrected chi connectivity index (χ3v) is 3.01. The highest BCUT2D eigenvalue weighted by Crippen LogP contribution is 2.20. The molecule has 1 heterocycles. The number of amides is 3. The minimum absolute atomic E-state index is 0.166. The fourth-order valence-electron chi connectivity index (χ4n) is 1.96. The molecule has 19 heavy (non-hydrogen) atoms. The summed E-state index contributed by atoms with van der Waals surface area (Å²) < 4.78 is 0. The van der Waals surface area contributed by atoms with E-state index in [0.29, 0.717) is 11.4 Å². The Kier molecular flexibility index (Phi) is 3.50. The summed E-state index contributed by atoms with van der Waals surface area (Å²) in [6.45, 7) is 1.41. The standard InChI is InChI=1S/C13H15N3O3/c1-8-6-12(18)16(13(8)19)7-11(17)15-10-5-3-2-4-9(10)14/h2-5,8H,6-7,14H2,1H3,(H,15,17). The molecule has 1 fully saturated rings. The first-order chi connectivity index (χ1) is 8.99. The van der Waals surface area contributed by atoms with Crippen LogP contribution in [0.2, 0.25) is 0 Å². The minimum Gasteiger partial charge on any atom is -0.397 e. The van der Waals surface area contributed by atoms with Gasteiger partial charge in [0.05, 0.1) is 11.4 Å². The molecule has 3 N–H and O–H groups in total. The van der Waals surface area contributed by atoms with Crippen molar-refractivity contribution in [3.8, 4) is 0 Å². The normalized spacial score (nSPS) is 18.8. The highest BCUT2D eigenvalue weighted by atomic mass is 16.2. The van der Waals surface area contributed by atoms with Gasteiger partial charge >= 0.3 is 0 Å². The molecule has 100 valence electrons. The van der Waals surface area contributed by atoms with E-state index in [1.54, 1.807) is 31.2 Å². The maximum Gasteiger partial charge on any atom is 0.244 e. The monoisotopic (exact) mass is 261 g/mol. The molecule has 0 radical (unpaired) electrons. The first kappa shape index (κ1) is 13.1. The van der Waals surface area contributed by atoms with Gasteiger partial charge in [0.15, 0.2) is 0 Å². The van der Waals surface area contributed by atoms with Crippen molar-refractivity contribution in [3.05, 3.63) is 24.3 Å². The highest BCUT2D eigenvalue weighted by molar-refractivity contribution is 6.07. The molecule has 1 aliphatic heterocycles. The van der Waals surface area contributed by atoms with Crippen molar-refractivity contribution in [3.63, 3.8) is 0 Å². The second-order valence-electron chi connectivity index (χ2n) is 4.56. The molecule has 6 heteroatoms. The van der Waals surface area contributed by atoms with Gasteiger partial charge in [-0.05, 0) is 12.1 Å². The summed E-state index contributed by atoms with van der Waals surface area (Å²) in [5, 5.41) is 2.58. The summed E-state index contributed by atoms with van der Waals surface area (Å²) in [6.07, 6.45) is 0.166. The molecule has 3 amide bonds. The number of nitrogen functional groups attached to an aromatic ring is 1. The number of benzene rings is 1. The largest absolute Gasteiger partial charge is 0.397 e. The number of anilines is 2. The van der Waals surface area contributed by atoms with Crippen LogP contribution in [0.15, 0.2) is 24.3 Å². The van der Waals surface area contributed by atoms with Crippen molar-refractivity contribution in [1.29, 1.82) is 0 Å². The van der Waals surface area contributed by atoms with Crippen LogP contribution in [0.3, 0.4) is 0 Å². The van der Waals surface area contributed by atoms with E-state index < -0.39 is 5.91 Å². The molecular weight excluding hydrogens is 246 g/mol. The zero-order valence-corrected chi connectivity index (χ0v) is 10.6. The minimum atomic E-state index is -0.436. The summed E-state index contributed by atoms with van der Waals surface area (Å²) in [7, 11) is 0. The lowest BCUT2D eigenvalue weighted by atomic mass is 10.1. The fourth-order valence-corrected chi connectivity index (χ4v) is 1.96. The summed E-state index contributed by atoms with van der Waals surface area (Å²) in [6, 6.07) is 6.80. The number of carbonyl (C=O) groups excluding carboxylic acids is 3. The van der Waals surface area contributed by atoms with Crippen molar-refractivity contribution in [2.45, 2.75) is 13.3 Å². The van der Waals surface area contributed by atoms with Crippen molar-refractivity contribution in [1.82, 2.24) is 4.90 Å². The molecule has 1 unspecified atom stereocenters. The second kappa shape index (κ2) is 5.09. The average Bonchev–Trinajstić information content (AvgIpc) is 2.59. The Morgan fingerprint density at radius 1 is 1.42 bits per heavy atom. The van der Waals surface area contributed by atoms with Crippen LogP contribution < -0.4 is 11.1 Å². The molecule has 0 spiro atoms. The lowest BCUT2D eigenvalue weighted by Gasteiger charge is -2.14. The van der Waals surface area contributed by atoms with E-state index in [4.69, 9.17) is 5.73 Å². The molecule has 1 aromatic rings. The maximum atomic E-state index is 11.8. The number of hydrogen-bond donors (Lipinski definition) is 2. The Hall–Kier alpha value is -2.37. The predicted octanol–water partition coefficient (Wildman–Crippen LogP) is 0.602. The quantitative estimate of drug-likeness (QED) is 0.615. The Morgan fingerprint density at radius 2 is 2.11 bits per heavy atom. The number of nitrogens with two attached hydrogens (primary N) is 1. The van der Waals surface area contributed by atoms with Gasteiger partial charge in [0.25, 0.3) is 0 Å². The van der Waals surface area contributed by atoms with Crippen molar-refractivity contribution in [2.75, 3.05) is 17.6 Å². The number of para-hydroxylation sites is 2. The topological polar surface area (TPSA) is 92.5 Å².